The molecule has 0 radical (unpaired) electrons. The standard InChI is InChI=1S/C48H32N2OS/c1-4-14-33(15-5-1)34-26-28-37(29-27-34)50(38-30-31-40-39-20-10-11-23-43(39)51-44(40)32-38)42-22-13-25-46-48(42)47-41(21-12-24-45(47)52-46)49(35-16-6-2-7-17-35)36-18-8-3-9-19-36/h1-32H. The molecule has 0 aliphatic rings. The molecular weight excluding hydrogens is 653 g/mol. The Morgan fingerprint density at radius 3 is 1.46 bits per heavy atom. The summed E-state index contributed by atoms with van der Waals surface area (Å²) in [7, 11) is 0. The fraction of sp³-hybridized carbons (Fsp3) is 0. The number of fused-ring (bicyclic) bond motifs is 6. The van der Waals surface area contributed by atoms with Crippen LogP contribution in [-0.2, 0) is 0 Å². The van der Waals surface area contributed by atoms with E-state index < -0.39 is 0 Å². The lowest BCUT2D eigenvalue weighted by Crippen LogP contribution is -2.11. The molecule has 246 valence electrons. The smallest absolute Gasteiger partial charge is 0.137 e. The zero-order chi connectivity index (χ0) is 34.4. The number of nitrogens with zero attached hydrogens (tertiary/aromatic N) is 2. The molecular formula is C48H32N2OS. The summed E-state index contributed by atoms with van der Waals surface area (Å²) >= 11 is 1.84. The first-order valence-electron chi connectivity index (χ1n) is 17.5. The Morgan fingerprint density at radius 1 is 0.346 bits per heavy atom. The minimum atomic E-state index is 0.868. The molecule has 0 unspecified atom stereocenters. The fourth-order valence-corrected chi connectivity index (χ4v) is 8.65. The summed E-state index contributed by atoms with van der Waals surface area (Å²) in [6, 6.07) is 69.1. The van der Waals surface area contributed by atoms with Gasteiger partial charge in [0.05, 0.1) is 11.4 Å². The molecule has 0 saturated carbocycles. The molecule has 2 aromatic heterocycles. The largest absolute Gasteiger partial charge is 0.456 e. The minimum Gasteiger partial charge on any atom is -0.456 e. The molecule has 8 aromatic carbocycles. The molecule has 0 saturated heterocycles. The third-order valence-corrected chi connectivity index (χ3v) is 11.0. The van der Waals surface area contributed by atoms with Crippen LogP contribution in [0.4, 0.5) is 34.1 Å². The van der Waals surface area contributed by atoms with Crippen molar-refractivity contribution in [2.24, 2.45) is 0 Å². The van der Waals surface area contributed by atoms with Gasteiger partial charge in [0, 0.05) is 59.8 Å². The van der Waals surface area contributed by atoms with E-state index in [9.17, 15) is 0 Å². The summed E-state index contributed by atoms with van der Waals surface area (Å²) in [5, 5.41) is 4.68. The molecule has 0 atom stereocenters. The first kappa shape index (κ1) is 30.2. The quantitative estimate of drug-likeness (QED) is 0.167. The van der Waals surface area contributed by atoms with Crippen LogP contribution in [0, 0.1) is 0 Å². The maximum Gasteiger partial charge on any atom is 0.137 e. The van der Waals surface area contributed by atoms with Crippen LogP contribution in [0.3, 0.4) is 0 Å². The number of anilines is 6. The normalized spacial score (nSPS) is 11.5. The molecule has 0 fully saturated rings. The Hall–Kier alpha value is -6.62. The zero-order valence-corrected chi connectivity index (χ0v) is 29.0. The maximum atomic E-state index is 6.45. The van der Waals surface area contributed by atoms with Crippen LogP contribution >= 0.6 is 11.3 Å². The molecule has 2 heterocycles. The van der Waals surface area contributed by atoms with Gasteiger partial charge in [0.2, 0.25) is 0 Å². The van der Waals surface area contributed by atoms with Crippen molar-refractivity contribution in [2.75, 3.05) is 9.80 Å². The van der Waals surface area contributed by atoms with Crippen molar-refractivity contribution < 1.29 is 4.42 Å². The summed E-state index contributed by atoms with van der Waals surface area (Å²) in [5.74, 6) is 0. The monoisotopic (exact) mass is 684 g/mol. The van der Waals surface area contributed by atoms with Gasteiger partial charge in [0.15, 0.2) is 0 Å². The molecule has 10 aromatic rings. The fourth-order valence-electron chi connectivity index (χ4n) is 7.50. The van der Waals surface area contributed by atoms with Crippen LogP contribution in [0.1, 0.15) is 0 Å². The van der Waals surface area contributed by atoms with Gasteiger partial charge in [-0.2, -0.15) is 0 Å². The second-order valence-electron chi connectivity index (χ2n) is 12.9. The van der Waals surface area contributed by atoms with Gasteiger partial charge in [-0.15, -0.1) is 11.3 Å². The second-order valence-corrected chi connectivity index (χ2v) is 14.0. The lowest BCUT2D eigenvalue weighted by molar-refractivity contribution is 0.669. The number of rotatable bonds is 7. The summed E-state index contributed by atoms with van der Waals surface area (Å²) in [4.78, 5) is 4.77. The molecule has 0 bridgehead atoms. The van der Waals surface area contributed by atoms with Gasteiger partial charge in [0.1, 0.15) is 11.2 Å². The van der Waals surface area contributed by atoms with Gasteiger partial charge in [-0.3, -0.25) is 0 Å². The molecule has 0 amide bonds. The SMILES string of the molecule is c1ccc(-c2ccc(N(c3ccc4c(c3)oc3ccccc34)c3cccc4sc5cccc(N(c6ccccc6)c6ccccc6)c5c34)cc2)cc1. The Morgan fingerprint density at radius 2 is 0.827 bits per heavy atom. The van der Waals surface area contributed by atoms with Gasteiger partial charge in [-0.25, -0.2) is 0 Å². The third kappa shape index (κ3) is 5.12. The molecule has 0 aliphatic carbocycles. The van der Waals surface area contributed by atoms with E-state index in [-0.39, 0.29) is 0 Å². The van der Waals surface area contributed by atoms with Crippen LogP contribution in [0.25, 0.3) is 53.2 Å². The van der Waals surface area contributed by atoms with E-state index in [4.69, 9.17) is 4.42 Å². The maximum absolute atomic E-state index is 6.45. The lowest BCUT2D eigenvalue weighted by atomic mass is 10.0. The number of hydrogen-bond acceptors (Lipinski definition) is 4. The van der Waals surface area contributed by atoms with Gasteiger partial charge in [0.25, 0.3) is 0 Å². The number of para-hydroxylation sites is 3. The first-order valence-corrected chi connectivity index (χ1v) is 18.3. The first-order chi connectivity index (χ1) is 25.8. The lowest BCUT2D eigenvalue weighted by Gasteiger charge is -2.28. The number of furan rings is 1. The Bertz CT molecular complexity index is 2800. The van der Waals surface area contributed by atoms with Crippen LogP contribution < -0.4 is 9.80 Å². The topological polar surface area (TPSA) is 19.6 Å². The number of thiophene rings is 1. The highest BCUT2D eigenvalue weighted by Crippen LogP contribution is 2.50. The van der Waals surface area contributed by atoms with Gasteiger partial charge < -0.3 is 14.2 Å². The van der Waals surface area contributed by atoms with Crippen LogP contribution in [0.2, 0.25) is 0 Å². The highest BCUT2D eigenvalue weighted by Gasteiger charge is 2.23. The molecule has 0 N–H and O–H groups in total. The van der Waals surface area contributed by atoms with Crippen molar-refractivity contribution in [3.05, 3.63) is 194 Å². The van der Waals surface area contributed by atoms with Crippen molar-refractivity contribution in [3.8, 4) is 11.1 Å². The number of hydrogen-bond donors (Lipinski definition) is 0. The van der Waals surface area contributed by atoms with Crippen LogP contribution in [-0.4, -0.2) is 0 Å². The third-order valence-electron chi connectivity index (χ3n) is 9.84. The molecule has 0 spiro atoms. The minimum absolute atomic E-state index is 0.868. The van der Waals surface area contributed by atoms with E-state index in [1.807, 2.05) is 23.5 Å². The number of benzene rings is 8. The molecule has 4 heteroatoms. The van der Waals surface area contributed by atoms with Crippen LogP contribution in [0.15, 0.2) is 199 Å². The van der Waals surface area contributed by atoms with Crippen molar-refractivity contribution in [1.82, 2.24) is 0 Å². The summed E-state index contributed by atoms with van der Waals surface area (Å²) < 4.78 is 8.92. The highest BCUT2D eigenvalue weighted by atomic mass is 32.1. The Labute approximate surface area is 305 Å². The summed E-state index contributed by atoms with van der Waals surface area (Å²) in [5.41, 5.74) is 10.7. The zero-order valence-electron chi connectivity index (χ0n) is 28.2. The van der Waals surface area contributed by atoms with Gasteiger partial charge in [-0.05, 0) is 90.0 Å². The molecule has 52 heavy (non-hydrogen) atoms. The van der Waals surface area contributed by atoms with Crippen molar-refractivity contribution in [2.45, 2.75) is 0 Å². The average Bonchev–Trinajstić information content (AvgIpc) is 3.79. The molecule has 10 rings (SSSR count). The molecule has 0 aliphatic heterocycles. The van der Waals surface area contributed by atoms with Crippen LogP contribution in [0.5, 0.6) is 0 Å². The van der Waals surface area contributed by atoms with E-state index in [1.54, 1.807) is 0 Å². The van der Waals surface area contributed by atoms with E-state index in [0.29, 0.717) is 0 Å². The summed E-state index contributed by atoms with van der Waals surface area (Å²) in [6.07, 6.45) is 0. The average molecular weight is 685 g/mol. The summed E-state index contributed by atoms with van der Waals surface area (Å²) in [6.45, 7) is 0. The van der Waals surface area contributed by atoms with Gasteiger partial charge >= 0.3 is 0 Å². The Balaban J connectivity index is 1.24. The molecule has 3 nitrogen and oxygen atoms in total. The van der Waals surface area contributed by atoms with E-state index in [0.717, 1.165) is 56.1 Å². The van der Waals surface area contributed by atoms with Crippen molar-refractivity contribution in [3.63, 3.8) is 0 Å². The predicted octanol–water partition coefficient (Wildman–Crippen LogP) is 14.6. The predicted molar refractivity (Wildman–Crippen MR) is 221 cm³/mol. The van der Waals surface area contributed by atoms with E-state index in [2.05, 4.69) is 192 Å². The highest BCUT2D eigenvalue weighted by molar-refractivity contribution is 7.26. The van der Waals surface area contributed by atoms with Gasteiger partial charge in [-0.1, -0.05) is 109 Å². The van der Waals surface area contributed by atoms with Crippen molar-refractivity contribution >= 4 is 87.6 Å². The Kier molecular flexibility index (Phi) is 7.33. The second kappa shape index (κ2) is 12.6. The van der Waals surface area contributed by atoms with Crippen molar-refractivity contribution in [1.29, 1.82) is 0 Å². The van der Waals surface area contributed by atoms with E-state index >= 15 is 0 Å². The van der Waals surface area contributed by atoms with E-state index in [1.165, 1.54) is 31.3 Å².